The second-order valence-electron chi connectivity index (χ2n) is 4.23. The Hall–Kier alpha value is -1.79. The summed E-state index contributed by atoms with van der Waals surface area (Å²) in [4.78, 5) is 0. The lowest BCUT2D eigenvalue weighted by Crippen LogP contribution is -1.89. The fourth-order valence-electron chi connectivity index (χ4n) is 2.06. The lowest BCUT2D eigenvalue weighted by atomic mass is 10.0. The van der Waals surface area contributed by atoms with Gasteiger partial charge in [-0.2, -0.15) is 5.10 Å². The molecule has 3 aromatic rings. The molecule has 0 saturated carbocycles. The lowest BCUT2D eigenvalue weighted by Gasteiger charge is -2.05. The minimum Gasteiger partial charge on any atom is -0.497 e. The zero-order valence-electron chi connectivity index (χ0n) is 10.7. The Balaban J connectivity index is 2.10. The first-order chi connectivity index (χ1) is 9.69. The number of hydrogen-bond donors (Lipinski definition) is 2. The molecule has 0 aliphatic carbocycles. The van der Waals surface area contributed by atoms with Crippen molar-refractivity contribution in [2.75, 3.05) is 12.8 Å². The summed E-state index contributed by atoms with van der Waals surface area (Å²) < 4.78 is 6.25. The third kappa shape index (κ3) is 2.32. The van der Waals surface area contributed by atoms with Gasteiger partial charge in [0.05, 0.1) is 22.2 Å². The average Bonchev–Trinajstić information content (AvgIpc) is 3.05. The van der Waals surface area contributed by atoms with Gasteiger partial charge in [0.15, 0.2) is 5.82 Å². The number of H-pyrrole nitrogens is 1. The van der Waals surface area contributed by atoms with Crippen molar-refractivity contribution in [3.63, 3.8) is 0 Å². The van der Waals surface area contributed by atoms with Gasteiger partial charge in [0.1, 0.15) is 5.75 Å². The molecule has 0 aliphatic heterocycles. The molecule has 1 aromatic carbocycles. The van der Waals surface area contributed by atoms with Crippen LogP contribution in [0.4, 0.5) is 5.82 Å². The van der Waals surface area contributed by atoms with Crippen molar-refractivity contribution in [2.45, 2.75) is 0 Å². The van der Waals surface area contributed by atoms with E-state index in [1.807, 2.05) is 30.3 Å². The van der Waals surface area contributed by atoms with E-state index in [1.54, 1.807) is 18.4 Å². The molecule has 6 heteroatoms. The third-order valence-electron chi connectivity index (χ3n) is 3.03. The van der Waals surface area contributed by atoms with E-state index in [1.165, 1.54) is 0 Å². The van der Waals surface area contributed by atoms with Crippen LogP contribution in [-0.2, 0) is 0 Å². The topological polar surface area (TPSA) is 63.9 Å². The van der Waals surface area contributed by atoms with E-state index >= 15 is 0 Å². The maximum Gasteiger partial charge on any atom is 0.153 e. The summed E-state index contributed by atoms with van der Waals surface area (Å²) >= 11 is 5.10. The Bertz CT molecular complexity index is 733. The van der Waals surface area contributed by atoms with E-state index in [0.717, 1.165) is 31.9 Å². The number of nitrogens with two attached hydrogens (primary N) is 1. The summed E-state index contributed by atoms with van der Waals surface area (Å²) in [5, 5.41) is 9.20. The molecular formula is C14H12BrN3OS. The molecule has 102 valence electrons. The number of methoxy groups -OCH3 is 1. The van der Waals surface area contributed by atoms with Crippen LogP contribution in [0.3, 0.4) is 0 Å². The largest absolute Gasteiger partial charge is 0.497 e. The second-order valence-corrected chi connectivity index (χ2v) is 6.52. The molecule has 0 aliphatic rings. The van der Waals surface area contributed by atoms with E-state index in [4.69, 9.17) is 10.5 Å². The number of rotatable bonds is 3. The number of ether oxygens (including phenoxy) is 1. The summed E-state index contributed by atoms with van der Waals surface area (Å²) in [5.41, 5.74) is 9.92. The van der Waals surface area contributed by atoms with Crippen molar-refractivity contribution < 1.29 is 4.74 Å². The number of hydrogen-bond acceptors (Lipinski definition) is 4. The highest BCUT2D eigenvalue weighted by Gasteiger charge is 2.15. The van der Waals surface area contributed by atoms with Gasteiger partial charge in [0.25, 0.3) is 0 Å². The molecule has 2 aromatic heterocycles. The lowest BCUT2D eigenvalue weighted by molar-refractivity contribution is 0.415. The number of halogens is 1. The van der Waals surface area contributed by atoms with Gasteiger partial charge < -0.3 is 10.5 Å². The van der Waals surface area contributed by atoms with Gasteiger partial charge in [0, 0.05) is 10.9 Å². The van der Waals surface area contributed by atoms with E-state index in [-0.39, 0.29) is 0 Å². The highest BCUT2D eigenvalue weighted by molar-refractivity contribution is 9.11. The molecule has 0 saturated heterocycles. The predicted octanol–water partition coefficient (Wildman–Crippen LogP) is 4.16. The van der Waals surface area contributed by atoms with Crippen LogP contribution in [0, 0.1) is 0 Å². The highest BCUT2D eigenvalue weighted by atomic mass is 79.9. The van der Waals surface area contributed by atoms with Crippen molar-refractivity contribution in [3.05, 3.63) is 39.5 Å². The Kier molecular flexibility index (Phi) is 3.50. The molecular weight excluding hydrogens is 338 g/mol. The van der Waals surface area contributed by atoms with Crippen LogP contribution >= 0.6 is 27.3 Å². The van der Waals surface area contributed by atoms with Crippen LogP contribution in [0.2, 0.25) is 0 Å². The molecule has 0 unspecified atom stereocenters. The van der Waals surface area contributed by atoms with Crippen molar-refractivity contribution in [2.24, 2.45) is 0 Å². The maximum absolute atomic E-state index is 6.01. The number of aromatic amines is 1. The number of anilines is 1. The van der Waals surface area contributed by atoms with Crippen molar-refractivity contribution in [1.82, 2.24) is 10.2 Å². The zero-order chi connectivity index (χ0) is 14.1. The second kappa shape index (κ2) is 5.30. The predicted molar refractivity (Wildman–Crippen MR) is 86.0 cm³/mol. The number of aromatic nitrogens is 2. The van der Waals surface area contributed by atoms with Crippen molar-refractivity contribution >= 4 is 33.1 Å². The minimum absolute atomic E-state index is 0.493. The minimum atomic E-state index is 0.493. The number of nitrogens with one attached hydrogen (secondary N) is 1. The highest BCUT2D eigenvalue weighted by Crippen LogP contribution is 2.37. The molecule has 2 heterocycles. The van der Waals surface area contributed by atoms with Gasteiger partial charge in [-0.25, -0.2) is 0 Å². The first-order valence-electron chi connectivity index (χ1n) is 5.91. The molecule has 0 fully saturated rings. The third-order valence-corrected chi connectivity index (χ3v) is 4.53. The molecule has 3 N–H and O–H groups in total. The molecule has 0 bridgehead atoms. The summed E-state index contributed by atoms with van der Waals surface area (Å²) in [6.45, 7) is 0. The number of nitrogen functional groups attached to an aromatic ring is 1. The monoisotopic (exact) mass is 349 g/mol. The van der Waals surface area contributed by atoms with Crippen LogP contribution in [0.25, 0.3) is 22.4 Å². The van der Waals surface area contributed by atoms with Gasteiger partial charge in [-0.3, -0.25) is 5.10 Å². The molecule has 3 rings (SSSR count). The normalized spacial score (nSPS) is 10.7. The van der Waals surface area contributed by atoms with Gasteiger partial charge >= 0.3 is 0 Å². The molecule has 0 atom stereocenters. The number of thiophene rings is 1. The number of benzene rings is 1. The molecule has 0 spiro atoms. The Morgan fingerprint density at radius 3 is 2.60 bits per heavy atom. The Morgan fingerprint density at radius 2 is 2.00 bits per heavy atom. The standard InChI is InChI=1S/C14H12BrN3OS/c1-19-10-4-2-8(3-5-10)12-13(17-18-14(12)16)9-6-11(15)20-7-9/h2-7H,1H3,(H3,16,17,18). The molecule has 0 amide bonds. The number of nitrogens with zero attached hydrogens (tertiary/aromatic N) is 1. The van der Waals surface area contributed by atoms with E-state index in [2.05, 4.69) is 31.5 Å². The van der Waals surface area contributed by atoms with E-state index in [9.17, 15) is 0 Å². The Morgan fingerprint density at radius 1 is 1.25 bits per heavy atom. The first kappa shape index (κ1) is 13.2. The quantitative estimate of drug-likeness (QED) is 0.746. The fourth-order valence-corrected chi connectivity index (χ4v) is 3.20. The zero-order valence-corrected chi connectivity index (χ0v) is 13.1. The van der Waals surface area contributed by atoms with Gasteiger partial charge in [0.2, 0.25) is 0 Å². The Labute approximate surface area is 128 Å². The molecule has 0 radical (unpaired) electrons. The van der Waals surface area contributed by atoms with Crippen molar-refractivity contribution in [1.29, 1.82) is 0 Å². The summed E-state index contributed by atoms with van der Waals surface area (Å²) in [7, 11) is 1.65. The van der Waals surface area contributed by atoms with Gasteiger partial charge in [-0.1, -0.05) is 12.1 Å². The fraction of sp³-hybridized carbons (Fsp3) is 0.0714. The summed E-state index contributed by atoms with van der Waals surface area (Å²) in [6, 6.07) is 9.82. The summed E-state index contributed by atoms with van der Waals surface area (Å²) in [6.07, 6.45) is 0. The summed E-state index contributed by atoms with van der Waals surface area (Å²) in [5.74, 6) is 1.31. The van der Waals surface area contributed by atoms with Crippen LogP contribution in [0.1, 0.15) is 0 Å². The van der Waals surface area contributed by atoms with E-state index < -0.39 is 0 Å². The smallest absolute Gasteiger partial charge is 0.153 e. The van der Waals surface area contributed by atoms with Crippen molar-refractivity contribution in [3.8, 4) is 28.1 Å². The first-order valence-corrected chi connectivity index (χ1v) is 7.59. The van der Waals surface area contributed by atoms with Gasteiger partial charge in [-0.05, 0) is 39.7 Å². The molecule has 20 heavy (non-hydrogen) atoms. The van der Waals surface area contributed by atoms with Gasteiger partial charge in [-0.15, -0.1) is 11.3 Å². The van der Waals surface area contributed by atoms with E-state index in [0.29, 0.717) is 5.82 Å². The average molecular weight is 350 g/mol. The van der Waals surface area contributed by atoms with Crippen LogP contribution in [0.5, 0.6) is 5.75 Å². The maximum atomic E-state index is 6.01. The van der Waals surface area contributed by atoms with Crippen LogP contribution < -0.4 is 10.5 Å². The van der Waals surface area contributed by atoms with Crippen LogP contribution in [0.15, 0.2) is 39.5 Å². The van der Waals surface area contributed by atoms with Crippen LogP contribution in [-0.4, -0.2) is 17.3 Å². The molecule has 4 nitrogen and oxygen atoms in total. The SMILES string of the molecule is COc1ccc(-c2c(N)n[nH]c2-c2csc(Br)c2)cc1.